The first-order valence-corrected chi connectivity index (χ1v) is 7.59. The van der Waals surface area contributed by atoms with E-state index in [1.54, 1.807) is 25.3 Å². The van der Waals surface area contributed by atoms with Gasteiger partial charge in [0.15, 0.2) is 0 Å². The molecule has 2 aromatic rings. The normalized spacial score (nSPS) is 10.4. The predicted molar refractivity (Wildman–Crippen MR) is 88.1 cm³/mol. The lowest BCUT2D eigenvalue weighted by molar-refractivity contribution is 0.0999. The smallest absolute Gasteiger partial charge is 0.249 e. The van der Waals surface area contributed by atoms with Gasteiger partial charge in [-0.1, -0.05) is 33.6 Å². The van der Waals surface area contributed by atoms with Crippen LogP contribution in [-0.2, 0) is 12.8 Å². The van der Waals surface area contributed by atoms with Gasteiger partial charge in [0, 0.05) is 15.1 Å². The molecule has 0 aliphatic carbocycles. The number of primary amides is 1. The number of halogens is 2. The molecule has 0 bridgehead atoms. The van der Waals surface area contributed by atoms with Crippen molar-refractivity contribution in [3.8, 4) is 5.75 Å². The van der Waals surface area contributed by atoms with Crippen LogP contribution in [0.3, 0.4) is 0 Å². The van der Waals surface area contributed by atoms with Gasteiger partial charge in [-0.25, -0.2) is 0 Å². The summed E-state index contributed by atoms with van der Waals surface area (Å²) < 4.78 is 6.33. The molecule has 0 radical (unpaired) electrons. The highest BCUT2D eigenvalue weighted by molar-refractivity contribution is 9.10. The standard InChI is InChI=1S/C16H15BrClNO2/c1-21-15-8-6-11(17)9-10(15)5-7-12-13(16(19)20)3-2-4-14(12)18/h2-4,6,8-9H,5,7H2,1H3,(H2,19,20). The Kier molecular flexibility index (Phi) is 5.26. The molecule has 0 unspecified atom stereocenters. The summed E-state index contributed by atoms with van der Waals surface area (Å²) >= 11 is 9.64. The fraction of sp³-hybridized carbons (Fsp3) is 0.188. The van der Waals surface area contributed by atoms with E-state index in [0.29, 0.717) is 23.4 Å². The molecule has 0 saturated heterocycles. The maximum Gasteiger partial charge on any atom is 0.249 e. The Hall–Kier alpha value is -1.52. The van der Waals surface area contributed by atoms with Gasteiger partial charge in [-0.15, -0.1) is 0 Å². The van der Waals surface area contributed by atoms with E-state index in [4.69, 9.17) is 22.1 Å². The number of hydrogen-bond donors (Lipinski definition) is 1. The second-order valence-electron chi connectivity index (χ2n) is 4.59. The molecule has 110 valence electrons. The lowest BCUT2D eigenvalue weighted by Crippen LogP contribution is -2.14. The molecule has 0 aliphatic heterocycles. The van der Waals surface area contributed by atoms with Crippen LogP contribution in [0.1, 0.15) is 21.5 Å². The van der Waals surface area contributed by atoms with Crippen molar-refractivity contribution in [2.75, 3.05) is 7.11 Å². The van der Waals surface area contributed by atoms with Crippen LogP contribution in [0.2, 0.25) is 5.02 Å². The Bertz CT molecular complexity index is 673. The van der Waals surface area contributed by atoms with E-state index in [2.05, 4.69) is 15.9 Å². The summed E-state index contributed by atoms with van der Waals surface area (Å²) in [6.07, 6.45) is 1.32. The van der Waals surface area contributed by atoms with Crippen molar-refractivity contribution in [3.05, 3.63) is 62.6 Å². The summed E-state index contributed by atoms with van der Waals surface area (Å²) in [5, 5.41) is 0.556. The molecule has 0 spiro atoms. The first-order chi connectivity index (χ1) is 10.0. The SMILES string of the molecule is COc1ccc(Br)cc1CCc1c(Cl)cccc1C(N)=O. The third-order valence-electron chi connectivity index (χ3n) is 3.27. The number of ether oxygens (including phenoxy) is 1. The van der Waals surface area contributed by atoms with Gasteiger partial charge in [0.25, 0.3) is 0 Å². The van der Waals surface area contributed by atoms with Gasteiger partial charge in [-0.3, -0.25) is 4.79 Å². The third kappa shape index (κ3) is 3.77. The maximum absolute atomic E-state index is 11.5. The topological polar surface area (TPSA) is 52.3 Å². The minimum absolute atomic E-state index is 0.464. The number of hydrogen-bond acceptors (Lipinski definition) is 2. The molecule has 0 saturated carbocycles. The van der Waals surface area contributed by atoms with Crippen LogP contribution in [0.5, 0.6) is 5.75 Å². The van der Waals surface area contributed by atoms with Gasteiger partial charge in [-0.2, -0.15) is 0 Å². The molecule has 2 aromatic carbocycles. The molecular weight excluding hydrogens is 354 g/mol. The van der Waals surface area contributed by atoms with E-state index in [1.807, 2.05) is 18.2 Å². The molecule has 0 aromatic heterocycles. The third-order valence-corrected chi connectivity index (χ3v) is 4.12. The molecule has 3 nitrogen and oxygen atoms in total. The van der Waals surface area contributed by atoms with Gasteiger partial charge in [-0.05, 0) is 54.3 Å². The summed E-state index contributed by atoms with van der Waals surface area (Å²) in [5.41, 5.74) is 7.69. The Morgan fingerprint density at radius 2 is 2.05 bits per heavy atom. The highest BCUT2D eigenvalue weighted by atomic mass is 79.9. The van der Waals surface area contributed by atoms with E-state index in [1.165, 1.54) is 0 Å². The average molecular weight is 369 g/mol. The molecule has 1 amide bonds. The minimum Gasteiger partial charge on any atom is -0.496 e. The zero-order chi connectivity index (χ0) is 15.4. The number of carbonyl (C=O) groups is 1. The van der Waals surface area contributed by atoms with E-state index < -0.39 is 5.91 Å². The minimum atomic E-state index is -0.464. The summed E-state index contributed by atoms with van der Waals surface area (Å²) in [4.78, 5) is 11.5. The number of amides is 1. The molecule has 0 heterocycles. The average Bonchev–Trinajstić information content (AvgIpc) is 2.45. The Morgan fingerprint density at radius 3 is 2.71 bits per heavy atom. The maximum atomic E-state index is 11.5. The Balaban J connectivity index is 2.28. The van der Waals surface area contributed by atoms with E-state index in [-0.39, 0.29) is 0 Å². The number of methoxy groups -OCH3 is 1. The van der Waals surface area contributed by atoms with E-state index >= 15 is 0 Å². The van der Waals surface area contributed by atoms with Crippen LogP contribution in [0, 0.1) is 0 Å². The molecule has 21 heavy (non-hydrogen) atoms. The highest BCUT2D eigenvalue weighted by Crippen LogP contribution is 2.27. The second kappa shape index (κ2) is 6.96. The van der Waals surface area contributed by atoms with E-state index in [0.717, 1.165) is 21.3 Å². The van der Waals surface area contributed by atoms with Crippen LogP contribution in [0.25, 0.3) is 0 Å². The van der Waals surface area contributed by atoms with Crippen molar-refractivity contribution in [3.63, 3.8) is 0 Å². The van der Waals surface area contributed by atoms with Crippen LogP contribution < -0.4 is 10.5 Å². The molecule has 0 fully saturated rings. The van der Waals surface area contributed by atoms with Crippen molar-refractivity contribution in [2.24, 2.45) is 5.73 Å². The van der Waals surface area contributed by atoms with Crippen molar-refractivity contribution >= 4 is 33.4 Å². The highest BCUT2D eigenvalue weighted by Gasteiger charge is 2.13. The summed E-state index contributed by atoms with van der Waals surface area (Å²) in [6.45, 7) is 0. The first-order valence-electron chi connectivity index (χ1n) is 6.42. The number of carbonyl (C=O) groups excluding carboxylic acids is 1. The van der Waals surface area contributed by atoms with Gasteiger partial charge in [0.05, 0.1) is 7.11 Å². The Labute approximate surface area is 137 Å². The van der Waals surface area contributed by atoms with Gasteiger partial charge in [0.1, 0.15) is 5.75 Å². The van der Waals surface area contributed by atoms with E-state index in [9.17, 15) is 4.79 Å². The number of nitrogens with two attached hydrogens (primary N) is 1. The number of aryl methyl sites for hydroxylation is 1. The van der Waals surface area contributed by atoms with Crippen LogP contribution in [0.15, 0.2) is 40.9 Å². The summed E-state index contributed by atoms with van der Waals surface area (Å²) in [6, 6.07) is 11.0. The second-order valence-corrected chi connectivity index (χ2v) is 5.91. The molecular formula is C16H15BrClNO2. The zero-order valence-electron chi connectivity index (χ0n) is 11.5. The molecule has 0 atom stereocenters. The quantitative estimate of drug-likeness (QED) is 0.867. The summed E-state index contributed by atoms with van der Waals surface area (Å²) in [7, 11) is 1.64. The Morgan fingerprint density at radius 1 is 1.29 bits per heavy atom. The summed E-state index contributed by atoms with van der Waals surface area (Å²) in [5.74, 6) is 0.347. The van der Waals surface area contributed by atoms with Gasteiger partial charge < -0.3 is 10.5 Å². The molecule has 5 heteroatoms. The zero-order valence-corrected chi connectivity index (χ0v) is 13.9. The van der Waals surface area contributed by atoms with Crippen LogP contribution >= 0.6 is 27.5 Å². The fourth-order valence-corrected chi connectivity index (χ4v) is 2.92. The van der Waals surface area contributed by atoms with Crippen LogP contribution in [-0.4, -0.2) is 13.0 Å². The lowest BCUT2D eigenvalue weighted by Gasteiger charge is -2.12. The van der Waals surface area contributed by atoms with Crippen molar-refractivity contribution < 1.29 is 9.53 Å². The number of rotatable bonds is 5. The van der Waals surface area contributed by atoms with Crippen LogP contribution in [0.4, 0.5) is 0 Å². The first kappa shape index (κ1) is 15.9. The fourth-order valence-electron chi connectivity index (χ4n) is 2.25. The lowest BCUT2D eigenvalue weighted by atomic mass is 9.99. The number of benzene rings is 2. The monoisotopic (exact) mass is 367 g/mol. The van der Waals surface area contributed by atoms with Gasteiger partial charge in [0.2, 0.25) is 5.91 Å². The molecule has 2 N–H and O–H groups in total. The largest absolute Gasteiger partial charge is 0.496 e. The predicted octanol–water partition coefficient (Wildman–Crippen LogP) is 4.00. The molecule has 0 aliphatic rings. The van der Waals surface area contributed by atoms with Crippen molar-refractivity contribution in [1.82, 2.24) is 0 Å². The van der Waals surface area contributed by atoms with Crippen molar-refractivity contribution in [1.29, 1.82) is 0 Å². The van der Waals surface area contributed by atoms with Gasteiger partial charge >= 0.3 is 0 Å². The van der Waals surface area contributed by atoms with Crippen molar-refractivity contribution in [2.45, 2.75) is 12.8 Å². The molecule has 2 rings (SSSR count).